The average molecular weight is 444 g/mol. The molecule has 2 heterocycles. The van der Waals surface area contributed by atoms with E-state index in [1.807, 2.05) is 55.8 Å². The van der Waals surface area contributed by atoms with Gasteiger partial charge in [0.2, 0.25) is 11.1 Å². The Morgan fingerprint density at radius 2 is 2.00 bits per heavy atom. The number of hydrogen-bond acceptors (Lipinski definition) is 6. The molecule has 0 bridgehead atoms. The van der Waals surface area contributed by atoms with Gasteiger partial charge in [-0.3, -0.25) is 4.79 Å². The van der Waals surface area contributed by atoms with Crippen LogP contribution in [0.2, 0.25) is 5.02 Å². The average Bonchev–Trinajstić information content (AvgIpc) is 3.10. The monoisotopic (exact) mass is 443 g/mol. The second-order valence-electron chi connectivity index (χ2n) is 6.96. The topological polar surface area (TPSA) is 81.1 Å². The molecule has 0 saturated heterocycles. The van der Waals surface area contributed by atoms with E-state index in [0.29, 0.717) is 22.5 Å². The van der Waals surface area contributed by atoms with Gasteiger partial charge in [-0.1, -0.05) is 41.6 Å². The van der Waals surface area contributed by atoms with Gasteiger partial charge in [-0.2, -0.15) is 0 Å². The molecule has 2 N–H and O–H groups in total. The molecule has 30 heavy (non-hydrogen) atoms. The van der Waals surface area contributed by atoms with Crippen LogP contribution in [0.4, 0.5) is 5.69 Å². The number of nitrogens with one attached hydrogen (secondary N) is 2. The Morgan fingerprint density at radius 1 is 1.23 bits per heavy atom. The van der Waals surface area contributed by atoms with Crippen molar-refractivity contribution in [2.75, 3.05) is 17.3 Å². The summed E-state index contributed by atoms with van der Waals surface area (Å²) in [6.45, 7) is 6.35. The van der Waals surface area contributed by atoms with Crippen LogP contribution in [0.15, 0.2) is 47.6 Å². The standard InChI is InChI=1S/C21H22ClN5O2S/c1-4-29-16-9-6-14(7-10-16)18-19(30-21-25-24-13(3)27(21)26-18)20(28)23-17-11-15(22)8-5-12(17)2/h5-11,18-19,26H,4H2,1-3H3,(H,23,28)/t18-,19-/m0/s1. The summed E-state index contributed by atoms with van der Waals surface area (Å²) in [7, 11) is 0. The van der Waals surface area contributed by atoms with Crippen molar-refractivity contribution < 1.29 is 9.53 Å². The van der Waals surface area contributed by atoms with E-state index in [9.17, 15) is 4.79 Å². The molecule has 0 saturated carbocycles. The predicted molar refractivity (Wildman–Crippen MR) is 119 cm³/mol. The number of aromatic nitrogens is 3. The molecule has 3 aromatic rings. The van der Waals surface area contributed by atoms with Crippen molar-refractivity contribution in [2.45, 2.75) is 37.2 Å². The van der Waals surface area contributed by atoms with Crippen LogP contribution in [0, 0.1) is 13.8 Å². The second-order valence-corrected chi connectivity index (χ2v) is 8.51. The van der Waals surface area contributed by atoms with Crippen molar-refractivity contribution in [1.82, 2.24) is 14.9 Å². The molecule has 0 spiro atoms. The number of hydrogen-bond donors (Lipinski definition) is 2. The summed E-state index contributed by atoms with van der Waals surface area (Å²) in [5.41, 5.74) is 6.00. The molecular weight excluding hydrogens is 422 g/mol. The smallest absolute Gasteiger partial charge is 0.240 e. The van der Waals surface area contributed by atoms with E-state index in [-0.39, 0.29) is 11.9 Å². The number of aryl methyl sites for hydroxylation is 2. The summed E-state index contributed by atoms with van der Waals surface area (Å²) in [6, 6.07) is 12.9. The molecule has 4 rings (SSSR count). The number of rotatable bonds is 5. The molecule has 0 radical (unpaired) electrons. The fraction of sp³-hybridized carbons (Fsp3) is 0.286. The van der Waals surface area contributed by atoms with Gasteiger partial charge in [-0.25, -0.2) is 4.68 Å². The van der Waals surface area contributed by atoms with Crippen molar-refractivity contribution in [3.05, 3.63) is 64.4 Å². The number of nitrogens with zero attached hydrogens (tertiary/aromatic N) is 3. The molecule has 1 aliphatic heterocycles. The van der Waals surface area contributed by atoms with Gasteiger partial charge in [0.1, 0.15) is 16.8 Å². The van der Waals surface area contributed by atoms with E-state index >= 15 is 0 Å². The molecule has 0 aliphatic carbocycles. The maximum atomic E-state index is 13.3. The van der Waals surface area contributed by atoms with Crippen molar-refractivity contribution >= 4 is 35.0 Å². The van der Waals surface area contributed by atoms with Crippen LogP contribution in [-0.4, -0.2) is 32.6 Å². The molecule has 1 aromatic heterocycles. The van der Waals surface area contributed by atoms with Crippen LogP contribution in [0.5, 0.6) is 5.75 Å². The highest BCUT2D eigenvalue weighted by Crippen LogP contribution is 2.38. The first-order chi connectivity index (χ1) is 14.5. The zero-order chi connectivity index (χ0) is 21.3. The van der Waals surface area contributed by atoms with Crippen molar-refractivity contribution in [3.8, 4) is 5.75 Å². The van der Waals surface area contributed by atoms with Crippen LogP contribution in [0.1, 0.15) is 29.9 Å². The van der Waals surface area contributed by atoms with Crippen LogP contribution in [-0.2, 0) is 4.79 Å². The Labute approximate surface area is 184 Å². The lowest BCUT2D eigenvalue weighted by molar-refractivity contribution is -0.116. The third-order valence-electron chi connectivity index (χ3n) is 4.86. The number of benzene rings is 2. The van der Waals surface area contributed by atoms with Gasteiger partial charge in [0, 0.05) is 10.7 Å². The summed E-state index contributed by atoms with van der Waals surface area (Å²) >= 11 is 7.50. The Hall–Kier alpha value is -2.71. The Balaban J connectivity index is 1.65. The van der Waals surface area contributed by atoms with E-state index in [1.54, 1.807) is 12.1 Å². The number of fused-ring (bicyclic) bond motifs is 1. The maximum absolute atomic E-state index is 13.3. The number of ether oxygens (including phenoxy) is 1. The Bertz CT molecular complexity index is 1070. The summed E-state index contributed by atoms with van der Waals surface area (Å²) in [6.07, 6.45) is 0. The van der Waals surface area contributed by atoms with Gasteiger partial charge in [0.25, 0.3) is 0 Å². The Morgan fingerprint density at radius 3 is 2.73 bits per heavy atom. The molecule has 1 aliphatic rings. The van der Waals surface area contributed by atoms with Gasteiger partial charge < -0.3 is 15.5 Å². The normalized spacial score (nSPS) is 17.7. The third kappa shape index (κ3) is 4.11. The van der Waals surface area contributed by atoms with Gasteiger partial charge in [0.05, 0.1) is 12.6 Å². The van der Waals surface area contributed by atoms with Crippen LogP contribution in [0.25, 0.3) is 0 Å². The SMILES string of the molecule is CCOc1ccc([C@@H]2Nn3c(C)nnc3S[C@@H]2C(=O)Nc2cc(Cl)ccc2C)cc1. The lowest BCUT2D eigenvalue weighted by atomic mass is 10.0. The van der Waals surface area contributed by atoms with Gasteiger partial charge in [-0.15, -0.1) is 10.2 Å². The van der Waals surface area contributed by atoms with Crippen molar-refractivity contribution in [2.24, 2.45) is 0 Å². The van der Waals surface area contributed by atoms with E-state index in [1.165, 1.54) is 11.8 Å². The van der Waals surface area contributed by atoms with E-state index in [4.69, 9.17) is 16.3 Å². The molecule has 7 nitrogen and oxygen atoms in total. The van der Waals surface area contributed by atoms with Gasteiger partial charge in [0.15, 0.2) is 0 Å². The van der Waals surface area contributed by atoms with E-state index in [0.717, 1.165) is 22.7 Å². The van der Waals surface area contributed by atoms with Crippen LogP contribution in [0.3, 0.4) is 0 Å². The minimum Gasteiger partial charge on any atom is -0.494 e. The molecule has 0 unspecified atom stereocenters. The molecule has 2 aromatic carbocycles. The summed E-state index contributed by atoms with van der Waals surface area (Å²) in [5.74, 6) is 1.39. The largest absolute Gasteiger partial charge is 0.494 e. The molecule has 0 fully saturated rings. The summed E-state index contributed by atoms with van der Waals surface area (Å²) in [4.78, 5) is 13.3. The van der Waals surface area contributed by atoms with E-state index < -0.39 is 5.25 Å². The van der Waals surface area contributed by atoms with Crippen LogP contribution < -0.4 is 15.5 Å². The highest BCUT2D eigenvalue weighted by atomic mass is 35.5. The van der Waals surface area contributed by atoms with E-state index in [2.05, 4.69) is 20.9 Å². The fourth-order valence-corrected chi connectivity index (χ4v) is 4.58. The first-order valence-electron chi connectivity index (χ1n) is 9.61. The molecule has 156 valence electrons. The van der Waals surface area contributed by atoms with Crippen LogP contribution >= 0.6 is 23.4 Å². The maximum Gasteiger partial charge on any atom is 0.240 e. The number of amides is 1. The first-order valence-corrected chi connectivity index (χ1v) is 10.9. The van der Waals surface area contributed by atoms with Crippen molar-refractivity contribution in [3.63, 3.8) is 0 Å². The summed E-state index contributed by atoms with van der Waals surface area (Å²) in [5, 5.41) is 12.1. The number of halogens is 1. The number of anilines is 1. The molecule has 2 atom stereocenters. The van der Waals surface area contributed by atoms with Gasteiger partial charge >= 0.3 is 0 Å². The second kappa shape index (κ2) is 8.57. The zero-order valence-electron chi connectivity index (χ0n) is 16.8. The molecule has 1 amide bonds. The number of carbonyl (C=O) groups excluding carboxylic acids is 1. The Kier molecular flexibility index (Phi) is 5.87. The minimum absolute atomic E-state index is 0.136. The lowest BCUT2D eigenvalue weighted by Crippen LogP contribution is -2.41. The third-order valence-corrected chi connectivity index (χ3v) is 6.31. The molecule has 9 heteroatoms. The predicted octanol–water partition coefficient (Wildman–Crippen LogP) is 4.34. The fourth-order valence-electron chi connectivity index (χ4n) is 3.28. The quantitative estimate of drug-likeness (QED) is 0.610. The highest BCUT2D eigenvalue weighted by molar-refractivity contribution is 8.00. The van der Waals surface area contributed by atoms with Gasteiger partial charge in [-0.05, 0) is 56.2 Å². The zero-order valence-corrected chi connectivity index (χ0v) is 18.4. The first kappa shape index (κ1) is 20.6. The highest BCUT2D eigenvalue weighted by Gasteiger charge is 2.37. The summed E-state index contributed by atoms with van der Waals surface area (Å²) < 4.78 is 7.37. The lowest BCUT2D eigenvalue weighted by Gasteiger charge is -2.33. The van der Waals surface area contributed by atoms with Crippen molar-refractivity contribution in [1.29, 1.82) is 0 Å². The number of carbonyl (C=O) groups is 1. The number of thioether (sulfide) groups is 1. The molecular formula is C21H22ClN5O2S. The minimum atomic E-state index is -0.461.